The Morgan fingerprint density at radius 2 is 1.83 bits per heavy atom. The predicted octanol–water partition coefficient (Wildman–Crippen LogP) is 5.10. The summed E-state index contributed by atoms with van der Waals surface area (Å²) in [6, 6.07) is 12.8. The van der Waals surface area contributed by atoms with Crippen LogP contribution in [0.3, 0.4) is 0 Å². The summed E-state index contributed by atoms with van der Waals surface area (Å²) in [6.45, 7) is 5.63. The molecule has 154 valence electrons. The largest absolute Gasteiger partial charge is 0.486 e. The summed E-state index contributed by atoms with van der Waals surface area (Å²) in [5.41, 5.74) is 4.04. The molecular formula is C26H26O4. The van der Waals surface area contributed by atoms with Crippen LogP contribution in [-0.2, 0) is 17.6 Å². The standard InChI is InChI=1S/C26H26O4/c1-3-5-18(2)14-25(29)22-7-4-6-21(16-22)24(28)13-9-19-8-10-20-11-12-23(27)17-30-26(20)15-19/h3-8,10,15-16H,1,9,11-14,17H2,2H3/b18-5+. The molecule has 4 nitrogen and oxygen atoms in total. The van der Waals surface area contributed by atoms with Crippen LogP contribution in [-0.4, -0.2) is 24.0 Å². The number of carbonyl (C=O) groups is 3. The Morgan fingerprint density at radius 3 is 2.60 bits per heavy atom. The van der Waals surface area contributed by atoms with Gasteiger partial charge < -0.3 is 4.74 Å². The highest BCUT2D eigenvalue weighted by Gasteiger charge is 2.15. The number of carbonyl (C=O) groups excluding carboxylic acids is 3. The maximum absolute atomic E-state index is 12.7. The summed E-state index contributed by atoms with van der Waals surface area (Å²) in [5, 5.41) is 0. The Hall–Kier alpha value is -3.27. The minimum Gasteiger partial charge on any atom is -0.486 e. The number of aryl methyl sites for hydroxylation is 2. The van der Waals surface area contributed by atoms with E-state index in [4.69, 9.17) is 4.74 Å². The molecule has 2 aromatic carbocycles. The number of Topliss-reactive ketones (excluding diaryl/α,β-unsaturated/α-hetero) is 3. The van der Waals surface area contributed by atoms with E-state index >= 15 is 0 Å². The van der Waals surface area contributed by atoms with Crippen molar-refractivity contribution >= 4 is 17.3 Å². The minimum atomic E-state index is -0.0160. The van der Waals surface area contributed by atoms with E-state index in [2.05, 4.69) is 6.58 Å². The van der Waals surface area contributed by atoms with Gasteiger partial charge in [-0.3, -0.25) is 14.4 Å². The normalized spacial score (nSPS) is 13.8. The van der Waals surface area contributed by atoms with Crippen molar-refractivity contribution in [2.75, 3.05) is 6.61 Å². The molecule has 0 spiro atoms. The monoisotopic (exact) mass is 402 g/mol. The fourth-order valence-corrected chi connectivity index (χ4v) is 3.48. The van der Waals surface area contributed by atoms with E-state index in [0.29, 0.717) is 43.2 Å². The molecule has 0 saturated carbocycles. The number of ketones is 3. The van der Waals surface area contributed by atoms with Gasteiger partial charge >= 0.3 is 0 Å². The number of hydrogen-bond donors (Lipinski definition) is 0. The molecule has 30 heavy (non-hydrogen) atoms. The van der Waals surface area contributed by atoms with E-state index in [1.807, 2.05) is 31.2 Å². The lowest BCUT2D eigenvalue weighted by molar-refractivity contribution is -0.120. The van der Waals surface area contributed by atoms with E-state index < -0.39 is 0 Å². The molecule has 0 bridgehead atoms. The van der Waals surface area contributed by atoms with Gasteiger partial charge in [-0.1, -0.05) is 54.6 Å². The van der Waals surface area contributed by atoms with E-state index in [0.717, 1.165) is 22.4 Å². The van der Waals surface area contributed by atoms with Crippen molar-refractivity contribution in [1.29, 1.82) is 0 Å². The fourth-order valence-electron chi connectivity index (χ4n) is 3.48. The number of fused-ring (bicyclic) bond motifs is 1. The van der Waals surface area contributed by atoms with Crippen LogP contribution >= 0.6 is 0 Å². The van der Waals surface area contributed by atoms with Crippen LogP contribution in [0.2, 0.25) is 0 Å². The van der Waals surface area contributed by atoms with Crippen LogP contribution in [0.4, 0.5) is 0 Å². The Morgan fingerprint density at radius 1 is 1.07 bits per heavy atom. The zero-order valence-corrected chi connectivity index (χ0v) is 17.3. The topological polar surface area (TPSA) is 60.4 Å². The molecule has 0 N–H and O–H groups in total. The molecule has 3 rings (SSSR count). The van der Waals surface area contributed by atoms with Crippen molar-refractivity contribution in [2.45, 2.75) is 39.0 Å². The summed E-state index contributed by atoms with van der Waals surface area (Å²) in [6.07, 6.45) is 5.88. The molecule has 0 unspecified atom stereocenters. The number of ether oxygens (including phenoxy) is 1. The van der Waals surface area contributed by atoms with E-state index in [-0.39, 0.29) is 24.0 Å². The lowest BCUT2D eigenvalue weighted by Gasteiger charge is -2.09. The summed E-state index contributed by atoms with van der Waals surface area (Å²) in [7, 11) is 0. The zero-order valence-electron chi connectivity index (χ0n) is 17.3. The molecule has 1 aliphatic heterocycles. The average molecular weight is 402 g/mol. The smallest absolute Gasteiger partial charge is 0.170 e. The first-order chi connectivity index (χ1) is 14.5. The second kappa shape index (κ2) is 9.97. The van der Waals surface area contributed by atoms with Gasteiger partial charge in [0.1, 0.15) is 12.4 Å². The van der Waals surface area contributed by atoms with Gasteiger partial charge in [-0.05, 0) is 43.0 Å². The van der Waals surface area contributed by atoms with Crippen molar-refractivity contribution in [3.63, 3.8) is 0 Å². The van der Waals surface area contributed by atoms with Crippen LogP contribution in [0.25, 0.3) is 0 Å². The van der Waals surface area contributed by atoms with Crippen LogP contribution in [0.15, 0.2) is 66.8 Å². The van der Waals surface area contributed by atoms with Gasteiger partial charge in [-0.15, -0.1) is 0 Å². The van der Waals surface area contributed by atoms with Crippen molar-refractivity contribution in [3.05, 3.63) is 89.0 Å². The lowest BCUT2D eigenvalue weighted by atomic mass is 9.97. The molecule has 0 radical (unpaired) electrons. The number of allylic oxidation sites excluding steroid dienone is 3. The Kier molecular flexibility index (Phi) is 7.12. The fraction of sp³-hybridized carbons (Fsp3) is 0.269. The van der Waals surface area contributed by atoms with Gasteiger partial charge in [0.25, 0.3) is 0 Å². The van der Waals surface area contributed by atoms with Crippen LogP contribution in [0.1, 0.15) is 58.0 Å². The summed E-state index contributed by atoms with van der Waals surface area (Å²) in [5.74, 6) is 0.820. The first-order valence-electron chi connectivity index (χ1n) is 10.2. The highest BCUT2D eigenvalue weighted by molar-refractivity contribution is 6.02. The third-order valence-electron chi connectivity index (χ3n) is 5.18. The van der Waals surface area contributed by atoms with Crippen LogP contribution in [0, 0.1) is 0 Å². The highest BCUT2D eigenvalue weighted by atomic mass is 16.5. The summed E-state index contributed by atoms with van der Waals surface area (Å²) >= 11 is 0. The second-order valence-corrected chi connectivity index (χ2v) is 7.62. The van der Waals surface area contributed by atoms with Gasteiger partial charge in [0.05, 0.1) is 0 Å². The SMILES string of the molecule is C=C/C=C(\C)CC(=O)c1cccc(C(=O)CCc2ccc3c(c2)OCC(=O)CC3)c1. The first kappa shape index (κ1) is 21.4. The van der Waals surface area contributed by atoms with Crippen molar-refractivity contribution < 1.29 is 19.1 Å². The third-order valence-corrected chi connectivity index (χ3v) is 5.18. The molecule has 0 saturated heterocycles. The summed E-state index contributed by atoms with van der Waals surface area (Å²) in [4.78, 5) is 36.7. The Bertz CT molecular complexity index is 1010. The van der Waals surface area contributed by atoms with Gasteiger partial charge in [-0.25, -0.2) is 0 Å². The van der Waals surface area contributed by atoms with Crippen LogP contribution < -0.4 is 4.74 Å². The van der Waals surface area contributed by atoms with Crippen molar-refractivity contribution in [3.8, 4) is 5.75 Å². The molecule has 0 fully saturated rings. The van der Waals surface area contributed by atoms with Crippen molar-refractivity contribution in [2.24, 2.45) is 0 Å². The average Bonchev–Trinajstić information content (AvgIpc) is 2.93. The van der Waals surface area contributed by atoms with Crippen molar-refractivity contribution in [1.82, 2.24) is 0 Å². The maximum atomic E-state index is 12.7. The van der Waals surface area contributed by atoms with Gasteiger partial charge in [-0.2, -0.15) is 0 Å². The minimum absolute atomic E-state index is 0.00551. The van der Waals surface area contributed by atoms with Gasteiger partial charge in [0.2, 0.25) is 0 Å². The van der Waals surface area contributed by atoms with Gasteiger partial charge in [0.15, 0.2) is 17.3 Å². The van der Waals surface area contributed by atoms with Gasteiger partial charge in [0, 0.05) is 30.4 Å². The predicted molar refractivity (Wildman–Crippen MR) is 117 cm³/mol. The third kappa shape index (κ3) is 5.63. The molecule has 0 aromatic heterocycles. The van der Waals surface area contributed by atoms with E-state index in [1.54, 1.807) is 30.3 Å². The van der Waals surface area contributed by atoms with Crippen LogP contribution in [0.5, 0.6) is 5.75 Å². The molecule has 0 atom stereocenters. The summed E-state index contributed by atoms with van der Waals surface area (Å²) < 4.78 is 5.60. The quantitative estimate of drug-likeness (QED) is 0.455. The second-order valence-electron chi connectivity index (χ2n) is 7.62. The molecule has 1 heterocycles. The maximum Gasteiger partial charge on any atom is 0.170 e. The number of rotatable bonds is 8. The van der Waals surface area contributed by atoms with E-state index in [9.17, 15) is 14.4 Å². The molecule has 2 aromatic rings. The number of hydrogen-bond acceptors (Lipinski definition) is 4. The molecule has 0 aliphatic carbocycles. The molecular weight excluding hydrogens is 376 g/mol. The number of benzene rings is 2. The molecule has 0 amide bonds. The zero-order chi connectivity index (χ0) is 21.5. The van der Waals surface area contributed by atoms with E-state index in [1.165, 1.54) is 0 Å². The Balaban J connectivity index is 1.64. The molecule has 1 aliphatic rings. The highest BCUT2D eigenvalue weighted by Crippen LogP contribution is 2.25. The Labute approximate surface area is 177 Å². The molecule has 4 heteroatoms. The first-order valence-corrected chi connectivity index (χ1v) is 10.2. The lowest BCUT2D eigenvalue weighted by Crippen LogP contribution is -2.08.